The van der Waals surface area contributed by atoms with Crippen LogP contribution in [0.4, 0.5) is 16.2 Å². The normalized spacial score (nSPS) is 13.4. The molecule has 4 rings (SSSR count). The van der Waals surface area contributed by atoms with E-state index in [1.54, 1.807) is 25.3 Å². The Morgan fingerprint density at radius 1 is 0.857 bits per heavy atom. The Morgan fingerprint density at radius 2 is 1.57 bits per heavy atom. The monoisotopic (exact) mass is 476 g/mol. The predicted octanol–water partition coefficient (Wildman–Crippen LogP) is 5.13. The zero-order chi connectivity index (χ0) is 24.8. The lowest BCUT2D eigenvalue weighted by molar-refractivity contribution is -0.147. The molecule has 0 unspecified atom stereocenters. The summed E-state index contributed by atoms with van der Waals surface area (Å²) in [5.41, 5.74) is 2.36. The maximum Gasteiger partial charge on any atom is 0.348 e. The van der Waals surface area contributed by atoms with Gasteiger partial charge in [0, 0.05) is 24.6 Å². The van der Waals surface area contributed by atoms with E-state index in [-0.39, 0.29) is 6.03 Å². The molecule has 0 aliphatic heterocycles. The third kappa shape index (κ3) is 6.03. The van der Waals surface area contributed by atoms with Crippen LogP contribution < -0.4 is 24.8 Å². The number of carboxylic acids is 1. The zero-order valence-electron chi connectivity index (χ0n) is 19.7. The van der Waals surface area contributed by atoms with Crippen molar-refractivity contribution in [2.75, 3.05) is 24.9 Å². The molecule has 3 N–H and O–H groups in total. The number of rotatable bonds is 10. The van der Waals surface area contributed by atoms with Gasteiger partial charge in [0.15, 0.2) is 0 Å². The number of benzene rings is 3. The Hall–Kier alpha value is -4.20. The second-order valence-electron chi connectivity index (χ2n) is 8.39. The number of carbonyl (C=O) groups excluding carboxylic acids is 1. The molecule has 0 saturated heterocycles. The number of aryl methyl sites for hydroxylation is 2. The lowest BCUT2D eigenvalue weighted by Crippen LogP contribution is -2.28. The van der Waals surface area contributed by atoms with Gasteiger partial charge in [-0.2, -0.15) is 0 Å². The Bertz CT molecular complexity index is 1200. The molecular weight excluding hydrogens is 448 g/mol. The lowest BCUT2D eigenvalue weighted by Gasteiger charge is -2.14. The molecule has 0 radical (unpaired) electrons. The first-order valence-corrected chi connectivity index (χ1v) is 11.3. The van der Waals surface area contributed by atoms with Gasteiger partial charge in [-0.15, -0.1) is 0 Å². The van der Waals surface area contributed by atoms with E-state index in [4.69, 9.17) is 14.2 Å². The number of carbonyl (C=O) groups is 2. The molecule has 1 saturated carbocycles. The standard InChI is InChI=1S/C27H28N2O6/c1-33-22-12-13-23(24(17-22)34-2)29-26(32)28-20-5-3-4-19(16-20)7-6-18-8-10-21(11-9-18)35-27(14-15-27)25(30)31/h3-5,8-13,16-17H,6-7,14-15H2,1-2H3,(H,30,31)(H2,28,29,32). The van der Waals surface area contributed by atoms with Crippen LogP contribution in [0.2, 0.25) is 0 Å². The number of anilines is 2. The van der Waals surface area contributed by atoms with Crippen molar-refractivity contribution in [1.82, 2.24) is 0 Å². The number of nitrogens with one attached hydrogen (secondary N) is 2. The molecule has 1 aliphatic carbocycles. The van der Waals surface area contributed by atoms with Gasteiger partial charge in [0.2, 0.25) is 5.60 Å². The van der Waals surface area contributed by atoms with Crippen LogP contribution in [0.5, 0.6) is 17.2 Å². The van der Waals surface area contributed by atoms with Crippen LogP contribution in [0.15, 0.2) is 66.7 Å². The Balaban J connectivity index is 1.31. The van der Waals surface area contributed by atoms with Gasteiger partial charge in [-0.25, -0.2) is 9.59 Å². The highest BCUT2D eigenvalue weighted by molar-refractivity contribution is 6.00. The van der Waals surface area contributed by atoms with Gasteiger partial charge in [0.25, 0.3) is 0 Å². The molecule has 0 bridgehead atoms. The highest BCUT2D eigenvalue weighted by Crippen LogP contribution is 2.40. The van der Waals surface area contributed by atoms with Crippen molar-refractivity contribution in [3.05, 3.63) is 77.9 Å². The number of carboxylic acid groups (broad SMARTS) is 1. The van der Waals surface area contributed by atoms with Gasteiger partial charge in [-0.05, 0) is 60.4 Å². The van der Waals surface area contributed by atoms with Crippen LogP contribution >= 0.6 is 0 Å². The number of hydrogen-bond donors (Lipinski definition) is 3. The minimum Gasteiger partial charge on any atom is -0.497 e. The van der Waals surface area contributed by atoms with E-state index >= 15 is 0 Å². The number of aliphatic carboxylic acids is 1. The van der Waals surface area contributed by atoms with Crippen molar-refractivity contribution in [2.45, 2.75) is 31.3 Å². The summed E-state index contributed by atoms with van der Waals surface area (Å²) in [6.45, 7) is 0. The molecule has 182 valence electrons. The van der Waals surface area contributed by atoms with Gasteiger partial charge in [0.05, 0.1) is 19.9 Å². The van der Waals surface area contributed by atoms with Crippen LogP contribution in [-0.4, -0.2) is 36.9 Å². The second kappa shape index (κ2) is 10.4. The molecule has 0 atom stereocenters. The van der Waals surface area contributed by atoms with E-state index in [2.05, 4.69) is 10.6 Å². The van der Waals surface area contributed by atoms with Crippen LogP contribution in [0, 0.1) is 0 Å². The summed E-state index contributed by atoms with van der Waals surface area (Å²) in [4.78, 5) is 23.8. The van der Waals surface area contributed by atoms with E-state index in [1.807, 2.05) is 48.5 Å². The van der Waals surface area contributed by atoms with Crippen LogP contribution in [0.3, 0.4) is 0 Å². The molecule has 1 fully saturated rings. The number of hydrogen-bond acceptors (Lipinski definition) is 5. The fourth-order valence-electron chi connectivity index (χ4n) is 3.70. The van der Waals surface area contributed by atoms with Crippen LogP contribution in [-0.2, 0) is 17.6 Å². The Kier molecular flexibility index (Phi) is 7.10. The first kappa shape index (κ1) is 23.9. The Morgan fingerprint density at radius 3 is 2.23 bits per heavy atom. The lowest BCUT2D eigenvalue weighted by atomic mass is 10.0. The van der Waals surface area contributed by atoms with Gasteiger partial charge in [-0.3, -0.25) is 0 Å². The van der Waals surface area contributed by atoms with Gasteiger partial charge >= 0.3 is 12.0 Å². The smallest absolute Gasteiger partial charge is 0.348 e. The molecule has 0 heterocycles. The minimum atomic E-state index is -1.04. The van der Waals surface area contributed by atoms with Crippen molar-refractivity contribution < 1.29 is 28.9 Å². The molecule has 2 amide bonds. The van der Waals surface area contributed by atoms with Gasteiger partial charge < -0.3 is 30.0 Å². The highest BCUT2D eigenvalue weighted by atomic mass is 16.5. The summed E-state index contributed by atoms with van der Waals surface area (Å²) in [5.74, 6) is 0.793. The maximum atomic E-state index is 12.5. The summed E-state index contributed by atoms with van der Waals surface area (Å²) in [6, 6.07) is 20.0. The quantitative estimate of drug-likeness (QED) is 0.375. The van der Waals surface area contributed by atoms with Crippen molar-refractivity contribution in [3.63, 3.8) is 0 Å². The Labute approximate surface area is 203 Å². The molecule has 3 aromatic carbocycles. The minimum absolute atomic E-state index is 0.379. The van der Waals surface area contributed by atoms with E-state index < -0.39 is 11.6 Å². The molecular formula is C27H28N2O6. The SMILES string of the molecule is COc1ccc(NC(=O)Nc2cccc(CCc3ccc(OC4(C(=O)O)CC4)cc3)c2)c(OC)c1. The fourth-order valence-corrected chi connectivity index (χ4v) is 3.70. The third-order valence-corrected chi connectivity index (χ3v) is 5.87. The largest absolute Gasteiger partial charge is 0.497 e. The number of methoxy groups -OCH3 is 2. The summed E-state index contributed by atoms with van der Waals surface area (Å²) in [6.07, 6.45) is 2.66. The van der Waals surface area contributed by atoms with E-state index in [0.717, 1.165) is 24.0 Å². The van der Waals surface area contributed by atoms with Crippen molar-refractivity contribution in [1.29, 1.82) is 0 Å². The molecule has 8 heteroatoms. The van der Waals surface area contributed by atoms with Gasteiger partial charge in [-0.1, -0.05) is 24.3 Å². The first-order chi connectivity index (χ1) is 16.9. The van der Waals surface area contributed by atoms with E-state index in [0.29, 0.717) is 41.5 Å². The summed E-state index contributed by atoms with van der Waals surface area (Å²) < 4.78 is 16.2. The van der Waals surface area contributed by atoms with Crippen LogP contribution in [0.25, 0.3) is 0 Å². The summed E-state index contributed by atoms with van der Waals surface area (Å²) in [5, 5.41) is 14.9. The van der Waals surface area contributed by atoms with E-state index in [1.165, 1.54) is 7.11 Å². The zero-order valence-corrected chi connectivity index (χ0v) is 19.7. The highest BCUT2D eigenvalue weighted by Gasteiger charge is 2.53. The first-order valence-electron chi connectivity index (χ1n) is 11.3. The average Bonchev–Trinajstić information content (AvgIpc) is 3.65. The average molecular weight is 477 g/mol. The fraction of sp³-hybridized carbons (Fsp3) is 0.259. The van der Waals surface area contributed by atoms with Crippen molar-refractivity contribution in [3.8, 4) is 17.2 Å². The summed E-state index contributed by atoms with van der Waals surface area (Å²) in [7, 11) is 3.10. The third-order valence-electron chi connectivity index (χ3n) is 5.87. The molecule has 0 aromatic heterocycles. The van der Waals surface area contributed by atoms with Crippen molar-refractivity contribution in [2.24, 2.45) is 0 Å². The molecule has 1 aliphatic rings. The topological polar surface area (TPSA) is 106 Å². The number of amides is 2. The molecule has 0 spiro atoms. The van der Waals surface area contributed by atoms with Gasteiger partial charge in [0.1, 0.15) is 17.2 Å². The number of ether oxygens (including phenoxy) is 3. The molecule has 35 heavy (non-hydrogen) atoms. The van der Waals surface area contributed by atoms with Crippen LogP contribution in [0.1, 0.15) is 24.0 Å². The number of urea groups is 1. The van der Waals surface area contributed by atoms with E-state index in [9.17, 15) is 14.7 Å². The van der Waals surface area contributed by atoms with Crippen molar-refractivity contribution >= 4 is 23.4 Å². The molecule has 3 aromatic rings. The summed E-state index contributed by atoms with van der Waals surface area (Å²) >= 11 is 0. The second-order valence-corrected chi connectivity index (χ2v) is 8.39. The molecule has 8 nitrogen and oxygen atoms in total. The maximum absolute atomic E-state index is 12.5. The predicted molar refractivity (Wildman–Crippen MR) is 133 cm³/mol.